The molecule has 0 bridgehead atoms. The first-order valence-corrected chi connectivity index (χ1v) is 9.08. The number of carbonyl (C=O) groups excluding carboxylic acids is 1. The summed E-state index contributed by atoms with van der Waals surface area (Å²) in [6.07, 6.45) is 0.0417. The lowest BCUT2D eigenvalue weighted by Crippen LogP contribution is -2.26. The molecule has 0 saturated carbocycles. The number of hydrogen-bond donors (Lipinski definition) is 4. The van der Waals surface area contributed by atoms with Crippen LogP contribution in [0.4, 0.5) is 0 Å². The monoisotopic (exact) mass is 404 g/mol. The van der Waals surface area contributed by atoms with E-state index in [-0.39, 0.29) is 11.5 Å². The highest BCUT2D eigenvalue weighted by Gasteiger charge is 2.17. The molecule has 7 heteroatoms. The summed E-state index contributed by atoms with van der Waals surface area (Å²) in [7, 11) is 0. The van der Waals surface area contributed by atoms with Crippen LogP contribution in [0.2, 0.25) is 0 Å². The maximum absolute atomic E-state index is 10.7. The van der Waals surface area contributed by atoms with E-state index in [1.807, 2.05) is 6.92 Å². The van der Waals surface area contributed by atoms with Crippen molar-refractivity contribution in [1.82, 2.24) is 0 Å². The third kappa shape index (κ3) is 10.8. The van der Waals surface area contributed by atoms with Crippen molar-refractivity contribution in [1.29, 1.82) is 0 Å². The van der Waals surface area contributed by atoms with Gasteiger partial charge in [-0.15, -0.1) is 0 Å². The fraction of sp³-hybridized carbons (Fsp3) is 0.318. The van der Waals surface area contributed by atoms with Gasteiger partial charge in [0.1, 0.15) is 0 Å². The van der Waals surface area contributed by atoms with E-state index in [0.29, 0.717) is 5.56 Å². The van der Waals surface area contributed by atoms with E-state index in [1.54, 1.807) is 62.4 Å². The van der Waals surface area contributed by atoms with Crippen molar-refractivity contribution in [2.24, 2.45) is 5.92 Å². The molecule has 158 valence electrons. The molecule has 29 heavy (non-hydrogen) atoms. The van der Waals surface area contributed by atoms with Gasteiger partial charge in [-0.25, -0.2) is 9.59 Å². The zero-order valence-electron chi connectivity index (χ0n) is 16.7. The van der Waals surface area contributed by atoms with Gasteiger partial charge in [-0.05, 0) is 32.4 Å². The van der Waals surface area contributed by atoms with Crippen LogP contribution in [0.1, 0.15) is 47.9 Å². The van der Waals surface area contributed by atoms with Gasteiger partial charge in [-0.1, -0.05) is 55.5 Å². The van der Waals surface area contributed by atoms with Gasteiger partial charge in [0, 0.05) is 11.5 Å². The summed E-state index contributed by atoms with van der Waals surface area (Å²) in [5, 5.41) is 34.7. The number of carboxylic acids is 2. The summed E-state index contributed by atoms with van der Waals surface area (Å²) in [4.78, 5) is 31.1. The molecule has 7 nitrogen and oxygen atoms in total. The Kier molecular flexibility index (Phi) is 12.6. The van der Waals surface area contributed by atoms with Crippen LogP contribution in [0.15, 0.2) is 60.7 Å². The lowest BCUT2D eigenvalue weighted by molar-refractivity contribution is -0.131. The number of carboxylic acid groups (broad SMARTS) is 2. The molecule has 2 rings (SSSR count). The van der Waals surface area contributed by atoms with Gasteiger partial charge >= 0.3 is 11.9 Å². The number of Topliss-reactive ketones (excluding diaryl/α,β-unsaturated/α-hetero) is 1. The van der Waals surface area contributed by atoms with Gasteiger partial charge in [0.05, 0.1) is 17.8 Å². The highest BCUT2D eigenvalue weighted by molar-refractivity contribution is 6.39. The quantitative estimate of drug-likeness (QED) is 0.429. The number of carbonyl (C=O) groups is 3. The number of aliphatic hydroxyl groups is 2. The molecule has 0 fully saturated rings. The maximum atomic E-state index is 10.7. The van der Waals surface area contributed by atoms with Crippen molar-refractivity contribution < 1.29 is 34.8 Å². The van der Waals surface area contributed by atoms with Crippen LogP contribution < -0.4 is 0 Å². The summed E-state index contributed by atoms with van der Waals surface area (Å²) >= 11 is 0. The van der Waals surface area contributed by atoms with Crippen molar-refractivity contribution in [2.45, 2.75) is 39.4 Å². The Morgan fingerprint density at radius 3 is 1.34 bits per heavy atom. The molecule has 0 aliphatic rings. The molecule has 0 aliphatic heterocycles. The van der Waals surface area contributed by atoms with Crippen LogP contribution in [0.3, 0.4) is 0 Å². The van der Waals surface area contributed by atoms with Crippen LogP contribution in [0.25, 0.3) is 0 Å². The lowest BCUT2D eigenvalue weighted by atomic mass is 9.95. The molecule has 0 amide bonds. The van der Waals surface area contributed by atoms with Crippen molar-refractivity contribution in [3.05, 3.63) is 71.8 Å². The average molecular weight is 404 g/mol. The molecule has 0 saturated heterocycles. The van der Waals surface area contributed by atoms with E-state index in [2.05, 4.69) is 0 Å². The molecule has 0 radical (unpaired) electrons. The summed E-state index contributed by atoms with van der Waals surface area (Å²) in [6, 6.07) is 16.2. The zero-order valence-corrected chi connectivity index (χ0v) is 16.7. The molecule has 2 aromatic rings. The molecule has 0 heterocycles. The van der Waals surface area contributed by atoms with Gasteiger partial charge < -0.3 is 20.4 Å². The first-order chi connectivity index (χ1) is 13.6. The summed E-state index contributed by atoms with van der Waals surface area (Å²) < 4.78 is 0. The zero-order chi connectivity index (χ0) is 22.4. The number of ketones is 1. The highest BCUT2D eigenvalue weighted by atomic mass is 16.4. The van der Waals surface area contributed by atoms with Gasteiger partial charge in [0.15, 0.2) is 0 Å². The first-order valence-electron chi connectivity index (χ1n) is 9.08. The minimum atomic E-state index is -1.42. The Balaban J connectivity index is 0.000000409. The SMILES string of the molecule is CCC(C(C)O)C(C)O.O=C(O)C(=O)c1ccccc1.O=C(O)c1ccccc1. The summed E-state index contributed by atoms with van der Waals surface area (Å²) in [6.45, 7) is 5.38. The van der Waals surface area contributed by atoms with Crippen LogP contribution in [-0.2, 0) is 4.79 Å². The smallest absolute Gasteiger partial charge is 0.377 e. The van der Waals surface area contributed by atoms with E-state index < -0.39 is 29.9 Å². The van der Waals surface area contributed by atoms with E-state index in [0.717, 1.165) is 6.42 Å². The van der Waals surface area contributed by atoms with Crippen LogP contribution in [-0.4, -0.2) is 50.4 Å². The number of rotatable bonds is 6. The van der Waals surface area contributed by atoms with Gasteiger partial charge in [-0.3, -0.25) is 4.79 Å². The maximum Gasteiger partial charge on any atom is 0.377 e. The number of aromatic carboxylic acids is 1. The summed E-state index contributed by atoms with van der Waals surface area (Å²) in [5.74, 6) is -3.14. The Bertz CT molecular complexity index is 732. The predicted molar refractivity (Wildman–Crippen MR) is 109 cm³/mol. The standard InChI is InChI=1S/C8H6O3.C7H6O2.C7H16O2/c9-7(8(10)11)6-4-2-1-3-5-6;8-7(9)6-4-2-1-3-5-6;1-4-7(5(2)8)6(3)9/h1-5H,(H,10,11);1-5H,(H,8,9);5-9H,4H2,1-3H3. The van der Waals surface area contributed by atoms with E-state index >= 15 is 0 Å². The summed E-state index contributed by atoms with van der Waals surface area (Å²) in [5.41, 5.74) is 0.539. The third-order valence-corrected chi connectivity index (χ3v) is 3.96. The molecule has 2 aromatic carbocycles. The van der Waals surface area contributed by atoms with Crippen molar-refractivity contribution in [3.63, 3.8) is 0 Å². The average Bonchev–Trinajstić information content (AvgIpc) is 2.69. The minimum Gasteiger partial charge on any atom is -0.478 e. The number of aliphatic hydroxyl groups excluding tert-OH is 2. The fourth-order valence-electron chi connectivity index (χ4n) is 2.38. The second-order valence-corrected chi connectivity index (χ2v) is 6.22. The first kappa shape index (κ1) is 26.0. The molecule has 2 unspecified atom stereocenters. The molecule has 2 atom stereocenters. The number of hydrogen-bond acceptors (Lipinski definition) is 5. The second-order valence-electron chi connectivity index (χ2n) is 6.22. The Morgan fingerprint density at radius 2 is 1.14 bits per heavy atom. The fourth-order valence-corrected chi connectivity index (χ4v) is 2.38. The normalized spacial score (nSPS) is 12.7. The van der Waals surface area contributed by atoms with Crippen LogP contribution in [0.5, 0.6) is 0 Å². The largest absolute Gasteiger partial charge is 0.478 e. The van der Waals surface area contributed by atoms with Gasteiger partial charge in [-0.2, -0.15) is 0 Å². The van der Waals surface area contributed by atoms with Gasteiger partial charge in [0.25, 0.3) is 5.78 Å². The Labute approximate surface area is 170 Å². The molecule has 0 aromatic heterocycles. The molecule has 4 N–H and O–H groups in total. The van der Waals surface area contributed by atoms with E-state index in [1.165, 1.54) is 12.1 Å². The van der Waals surface area contributed by atoms with Gasteiger partial charge in [0.2, 0.25) is 0 Å². The molecular formula is C22H28O7. The van der Waals surface area contributed by atoms with Crippen molar-refractivity contribution in [2.75, 3.05) is 0 Å². The minimum absolute atomic E-state index is 0.0324. The van der Waals surface area contributed by atoms with Crippen molar-refractivity contribution in [3.8, 4) is 0 Å². The molecule has 0 spiro atoms. The lowest BCUT2D eigenvalue weighted by Gasteiger charge is -2.20. The topological polar surface area (TPSA) is 132 Å². The highest BCUT2D eigenvalue weighted by Crippen LogP contribution is 2.12. The van der Waals surface area contributed by atoms with E-state index in [4.69, 9.17) is 20.4 Å². The Hall–Kier alpha value is -3.03. The third-order valence-electron chi connectivity index (χ3n) is 3.96. The van der Waals surface area contributed by atoms with Crippen LogP contribution in [0, 0.1) is 5.92 Å². The van der Waals surface area contributed by atoms with E-state index in [9.17, 15) is 14.4 Å². The molecular weight excluding hydrogens is 376 g/mol. The number of aliphatic carboxylic acids is 1. The predicted octanol–water partition coefficient (Wildman–Crippen LogP) is 3.11. The van der Waals surface area contributed by atoms with Crippen molar-refractivity contribution >= 4 is 17.7 Å². The Morgan fingerprint density at radius 1 is 0.759 bits per heavy atom. The molecule has 0 aliphatic carbocycles. The second kappa shape index (κ2) is 14.0. The van der Waals surface area contributed by atoms with Crippen LogP contribution >= 0.6 is 0 Å². The number of benzene rings is 2.